The highest BCUT2D eigenvalue weighted by Gasteiger charge is 2.46. The average Bonchev–Trinajstić information content (AvgIpc) is 2.62. The minimum atomic E-state index is -1.32. The third-order valence-corrected chi connectivity index (χ3v) is 4.20. The van der Waals surface area contributed by atoms with Gasteiger partial charge in [0.25, 0.3) is 0 Å². The summed E-state index contributed by atoms with van der Waals surface area (Å²) >= 11 is 0. The number of carbonyl (C=O) groups is 3. The van der Waals surface area contributed by atoms with Crippen molar-refractivity contribution < 1.29 is 28.6 Å². The first-order valence-electron chi connectivity index (χ1n) is 9.02. The first-order valence-corrected chi connectivity index (χ1v) is 9.02. The standard InChI is InChI=1S/C20H25NO6/c1-5-25-18(22)16(19(23)26-6-2)17-15-11-9-8-10-14(15)12-13(4)21(17)20(24)27-7-3/h8-12,16-17H,5-7H2,1-4H3. The molecular weight excluding hydrogens is 350 g/mol. The van der Waals surface area contributed by atoms with Gasteiger partial charge in [-0.2, -0.15) is 0 Å². The van der Waals surface area contributed by atoms with Gasteiger partial charge in [-0.15, -0.1) is 0 Å². The number of fused-ring (bicyclic) bond motifs is 1. The van der Waals surface area contributed by atoms with Crippen molar-refractivity contribution in [2.75, 3.05) is 19.8 Å². The number of benzene rings is 1. The second kappa shape index (κ2) is 9.21. The molecule has 0 aliphatic carbocycles. The second-order valence-electron chi connectivity index (χ2n) is 5.91. The highest BCUT2D eigenvalue weighted by atomic mass is 16.6. The van der Waals surface area contributed by atoms with Crippen LogP contribution in [-0.4, -0.2) is 42.8 Å². The summed E-state index contributed by atoms with van der Waals surface area (Å²) in [5.74, 6) is -2.79. The number of hydrogen-bond donors (Lipinski definition) is 0. The van der Waals surface area contributed by atoms with Crippen LogP contribution in [0.15, 0.2) is 30.0 Å². The van der Waals surface area contributed by atoms with Gasteiger partial charge in [0.2, 0.25) is 0 Å². The molecule has 7 nitrogen and oxygen atoms in total. The maximum absolute atomic E-state index is 12.7. The lowest BCUT2D eigenvalue weighted by Crippen LogP contribution is -2.45. The van der Waals surface area contributed by atoms with Crippen molar-refractivity contribution in [3.05, 3.63) is 41.1 Å². The van der Waals surface area contributed by atoms with E-state index in [9.17, 15) is 14.4 Å². The number of amides is 1. The molecule has 27 heavy (non-hydrogen) atoms. The SMILES string of the molecule is CCOC(=O)C(C(=O)OCC)C1c2ccccc2C=C(C)N1C(=O)OCC. The molecule has 0 fully saturated rings. The summed E-state index contributed by atoms with van der Waals surface area (Å²) in [4.78, 5) is 39.3. The van der Waals surface area contributed by atoms with Gasteiger partial charge in [-0.25, -0.2) is 4.79 Å². The van der Waals surface area contributed by atoms with Crippen molar-refractivity contribution in [3.63, 3.8) is 0 Å². The lowest BCUT2D eigenvalue weighted by atomic mass is 9.85. The highest BCUT2D eigenvalue weighted by molar-refractivity contribution is 5.97. The van der Waals surface area contributed by atoms with Crippen molar-refractivity contribution >= 4 is 24.1 Å². The molecule has 7 heteroatoms. The van der Waals surface area contributed by atoms with Crippen molar-refractivity contribution in [2.45, 2.75) is 33.7 Å². The van der Waals surface area contributed by atoms with Crippen LogP contribution < -0.4 is 0 Å². The Morgan fingerprint density at radius 2 is 1.52 bits per heavy atom. The van der Waals surface area contributed by atoms with E-state index in [0.717, 1.165) is 5.56 Å². The first-order chi connectivity index (χ1) is 13.0. The summed E-state index contributed by atoms with van der Waals surface area (Å²) in [6, 6.07) is 6.37. The fourth-order valence-corrected chi connectivity index (χ4v) is 3.16. The zero-order valence-corrected chi connectivity index (χ0v) is 16.1. The molecule has 146 valence electrons. The lowest BCUT2D eigenvalue weighted by Gasteiger charge is -2.38. The van der Waals surface area contributed by atoms with E-state index in [1.165, 1.54) is 4.90 Å². The number of ether oxygens (including phenoxy) is 3. The van der Waals surface area contributed by atoms with Crippen LogP contribution in [0.5, 0.6) is 0 Å². The van der Waals surface area contributed by atoms with Crippen LogP contribution >= 0.6 is 0 Å². The van der Waals surface area contributed by atoms with Gasteiger partial charge in [-0.3, -0.25) is 14.5 Å². The molecule has 1 atom stereocenters. The molecule has 2 rings (SSSR count). The maximum Gasteiger partial charge on any atom is 0.414 e. The Morgan fingerprint density at radius 1 is 0.963 bits per heavy atom. The Balaban J connectivity index is 2.62. The van der Waals surface area contributed by atoms with Gasteiger partial charge in [-0.05, 0) is 44.9 Å². The summed E-state index contributed by atoms with van der Waals surface area (Å²) in [7, 11) is 0. The predicted molar refractivity (Wildman–Crippen MR) is 98.5 cm³/mol. The van der Waals surface area contributed by atoms with Gasteiger partial charge in [-0.1, -0.05) is 24.3 Å². The van der Waals surface area contributed by atoms with E-state index in [0.29, 0.717) is 11.3 Å². The van der Waals surface area contributed by atoms with E-state index < -0.39 is 30.0 Å². The summed E-state index contributed by atoms with van der Waals surface area (Å²) < 4.78 is 15.4. The van der Waals surface area contributed by atoms with Crippen LogP contribution in [0.1, 0.15) is 44.9 Å². The molecule has 0 radical (unpaired) electrons. The molecule has 0 spiro atoms. The van der Waals surface area contributed by atoms with Crippen LogP contribution in [0.4, 0.5) is 4.79 Å². The van der Waals surface area contributed by atoms with Crippen LogP contribution in [0.25, 0.3) is 6.08 Å². The van der Waals surface area contributed by atoms with E-state index in [-0.39, 0.29) is 19.8 Å². The van der Waals surface area contributed by atoms with Crippen molar-refractivity contribution in [2.24, 2.45) is 5.92 Å². The van der Waals surface area contributed by atoms with Crippen molar-refractivity contribution in [3.8, 4) is 0 Å². The van der Waals surface area contributed by atoms with Crippen molar-refractivity contribution in [1.29, 1.82) is 0 Å². The number of carbonyl (C=O) groups excluding carboxylic acids is 3. The molecule has 1 aliphatic rings. The average molecular weight is 375 g/mol. The minimum Gasteiger partial charge on any atom is -0.465 e. The highest BCUT2D eigenvalue weighted by Crippen LogP contribution is 2.40. The monoisotopic (exact) mass is 375 g/mol. The number of esters is 2. The Bertz CT molecular complexity index is 724. The van der Waals surface area contributed by atoms with E-state index in [1.807, 2.05) is 18.2 Å². The van der Waals surface area contributed by atoms with Crippen molar-refractivity contribution in [1.82, 2.24) is 4.90 Å². The van der Waals surface area contributed by atoms with Gasteiger partial charge < -0.3 is 14.2 Å². The van der Waals surface area contributed by atoms with E-state index >= 15 is 0 Å². The quantitative estimate of drug-likeness (QED) is 0.431. The van der Waals surface area contributed by atoms with Crippen LogP contribution in [0.3, 0.4) is 0 Å². The molecule has 1 heterocycles. The van der Waals surface area contributed by atoms with Gasteiger partial charge in [0.15, 0.2) is 5.92 Å². The third-order valence-electron chi connectivity index (χ3n) is 4.20. The summed E-state index contributed by atoms with van der Waals surface area (Å²) in [5, 5.41) is 0. The lowest BCUT2D eigenvalue weighted by molar-refractivity contribution is -0.164. The fourth-order valence-electron chi connectivity index (χ4n) is 3.16. The molecule has 1 amide bonds. The predicted octanol–water partition coefficient (Wildman–Crippen LogP) is 3.30. The number of allylic oxidation sites excluding steroid dienone is 1. The van der Waals surface area contributed by atoms with E-state index in [4.69, 9.17) is 14.2 Å². The van der Waals surface area contributed by atoms with Crippen LogP contribution in [0.2, 0.25) is 0 Å². The fraction of sp³-hybridized carbons (Fsp3) is 0.450. The topological polar surface area (TPSA) is 82.1 Å². The molecule has 0 bridgehead atoms. The minimum absolute atomic E-state index is 0.108. The summed E-state index contributed by atoms with van der Waals surface area (Å²) in [6.45, 7) is 7.12. The number of nitrogens with zero attached hydrogens (tertiary/aromatic N) is 1. The Morgan fingerprint density at radius 3 is 2.07 bits per heavy atom. The Hall–Kier alpha value is -2.83. The molecule has 0 saturated heterocycles. The number of rotatable bonds is 6. The first kappa shape index (κ1) is 20.5. The zero-order valence-electron chi connectivity index (χ0n) is 16.1. The van der Waals surface area contributed by atoms with E-state index in [1.54, 1.807) is 39.8 Å². The summed E-state index contributed by atoms with van der Waals surface area (Å²) in [6.07, 6.45) is 1.18. The number of hydrogen-bond acceptors (Lipinski definition) is 6. The van der Waals surface area contributed by atoms with Gasteiger partial charge in [0.1, 0.15) is 0 Å². The smallest absolute Gasteiger partial charge is 0.414 e. The normalized spacial score (nSPS) is 15.7. The Labute approximate surface area is 158 Å². The van der Waals surface area contributed by atoms with Gasteiger partial charge in [0, 0.05) is 5.70 Å². The largest absolute Gasteiger partial charge is 0.465 e. The molecule has 1 aromatic carbocycles. The van der Waals surface area contributed by atoms with Gasteiger partial charge >= 0.3 is 18.0 Å². The molecule has 1 aliphatic heterocycles. The zero-order chi connectivity index (χ0) is 20.0. The molecule has 0 aromatic heterocycles. The van der Waals surface area contributed by atoms with Crippen LogP contribution in [-0.2, 0) is 23.8 Å². The van der Waals surface area contributed by atoms with Crippen LogP contribution in [0, 0.1) is 5.92 Å². The Kier molecular flexibility index (Phi) is 6.98. The summed E-state index contributed by atoms with van der Waals surface area (Å²) in [5.41, 5.74) is 2.04. The van der Waals surface area contributed by atoms with E-state index in [2.05, 4.69) is 0 Å². The molecule has 0 saturated carbocycles. The molecule has 1 unspecified atom stereocenters. The molecule has 1 aromatic rings. The second-order valence-corrected chi connectivity index (χ2v) is 5.91. The molecular formula is C20H25NO6. The third kappa shape index (κ3) is 4.30. The maximum atomic E-state index is 12.7. The van der Waals surface area contributed by atoms with Gasteiger partial charge in [0.05, 0.1) is 25.9 Å². The molecule has 0 N–H and O–H groups in total.